The van der Waals surface area contributed by atoms with Crippen LogP contribution >= 0.6 is 0 Å². The van der Waals surface area contributed by atoms with Gasteiger partial charge < -0.3 is 15.5 Å². The van der Waals surface area contributed by atoms with Crippen molar-refractivity contribution in [2.24, 2.45) is 0 Å². The highest BCUT2D eigenvalue weighted by Crippen LogP contribution is 2.21. The van der Waals surface area contributed by atoms with Crippen molar-refractivity contribution in [2.45, 2.75) is 46.1 Å². The third kappa shape index (κ3) is 4.31. The summed E-state index contributed by atoms with van der Waals surface area (Å²) in [6.45, 7) is 8.38. The maximum absolute atomic E-state index is 11.1. The van der Waals surface area contributed by atoms with Gasteiger partial charge >= 0.3 is 0 Å². The average Bonchev–Trinajstić information content (AvgIpc) is 2.47. The van der Waals surface area contributed by atoms with Crippen molar-refractivity contribution in [3.8, 4) is 0 Å². The average molecular weight is 291 g/mol. The largest absolute Gasteiger partial charge is 0.370 e. The molecule has 0 aliphatic carbocycles. The molecule has 0 unspecified atom stereocenters. The first-order valence-corrected chi connectivity index (χ1v) is 7.76. The molecule has 2 heterocycles. The Morgan fingerprint density at radius 3 is 2.62 bits per heavy atom. The highest BCUT2D eigenvalue weighted by atomic mass is 16.1. The monoisotopic (exact) mass is 291 g/mol. The second-order valence-electron chi connectivity index (χ2n) is 5.37. The lowest BCUT2D eigenvalue weighted by molar-refractivity contribution is -0.119. The van der Waals surface area contributed by atoms with Crippen LogP contribution in [0.4, 0.5) is 11.6 Å². The summed E-state index contributed by atoms with van der Waals surface area (Å²) in [6.07, 6.45) is 2.75. The van der Waals surface area contributed by atoms with E-state index in [0.29, 0.717) is 6.04 Å². The Bertz CT molecular complexity index is 483. The lowest BCUT2D eigenvalue weighted by Gasteiger charge is -2.33. The summed E-state index contributed by atoms with van der Waals surface area (Å²) < 4.78 is 0. The van der Waals surface area contributed by atoms with Gasteiger partial charge in [0.05, 0.1) is 0 Å². The van der Waals surface area contributed by atoms with Gasteiger partial charge in [-0.05, 0) is 19.8 Å². The van der Waals surface area contributed by atoms with E-state index in [1.54, 1.807) is 6.92 Å². The summed E-state index contributed by atoms with van der Waals surface area (Å²) in [5.74, 6) is 2.80. The second kappa shape index (κ2) is 7.24. The molecule has 0 radical (unpaired) electrons. The molecule has 2 rings (SSSR count). The Morgan fingerprint density at radius 2 is 2.05 bits per heavy atom. The minimum Gasteiger partial charge on any atom is -0.370 e. The number of anilines is 2. The normalized spacial score (nSPS) is 15.9. The van der Waals surface area contributed by atoms with E-state index >= 15 is 0 Å². The fraction of sp³-hybridized carbons (Fsp3) is 0.667. The number of piperidine rings is 1. The van der Waals surface area contributed by atoms with E-state index in [-0.39, 0.29) is 5.91 Å². The first-order valence-electron chi connectivity index (χ1n) is 7.76. The molecule has 0 saturated carbocycles. The van der Waals surface area contributed by atoms with E-state index in [1.807, 2.05) is 6.07 Å². The highest BCUT2D eigenvalue weighted by Gasteiger charge is 2.21. The van der Waals surface area contributed by atoms with Crippen LogP contribution in [0.25, 0.3) is 0 Å². The number of aromatic nitrogens is 2. The van der Waals surface area contributed by atoms with Crippen LogP contribution in [-0.4, -0.2) is 41.6 Å². The molecule has 0 spiro atoms. The molecule has 1 aromatic rings. The van der Waals surface area contributed by atoms with E-state index in [0.717, 1.165) is 56.4 Å². The van der Waals surface area contributed by atoms with E-state index in [1.165, 1.54) is 0 Å². The van der Waals surface area contributed by atoms with Gasteiger partial charge in [0.1, 0.15) is 17.5 Å². The summed E-state index contributed by atoms with van der Waals surface area (Å²) in [7, 11) is 0. The first kappa shape index (κ1) is 15.5. The molecule has 1 fully saturated rings. The SMILES string of the molecule is CCNc1cc(N2CCC(NC(C)=O)CC2)nc(CC)n1. The number of hydrogen-bond acceptors (Lipinski definition) is 5. The van der Waals surface area contributed by atoms with Crippen LogP contribution in [0.2, 0.25) is 0 Å². The van der Waals surface area contributed by atoms with Crippen LogP contribution < -0.4 is 15.5 Å². The molecular weight excluding hydrogens is 266 g/mol. The summed E-state index contributed by atoms with van der Waals surface area (Å²) in [5, 5.41) is 6.26. The van der Waals surface area contributed by atoms with Gasteiger partial charge in [-0.3, -0.25) is 4.79 Å². The van der Waals surface area contributed by atoms with E-state index in [2.05, 4.69) is 39.3 Å². The topological polar surface area (TPSA) is 70.2 Å². The highest BCUT2D eigenvalue weighted by molar-refractivity contribution is 5.73. The van der Waals surface area contributed by atoms with Crippen molar-refractivity contribution in [1.82, 2.24) is 15.3 Å². The minimum atomic E-state index is 0.0539. The van der Waals surface area contributed by atoms with Crippen molar-refractivity contribution >= 4 is 17.5 Å². The van der Waals surface area contributed by atoms with Crippen molar-refractivity contribution in [3.05, 3.63) is 11.9 Å². The van der Waals surface area contributed by atoms with Gasteiger partial charge in [0.2, 0.25) is 5.91 Å². The Hall–Kier alpha value is -1.85. The number of carbonyl (C=O) groups is 1. The predicted octanol–water partition coefficient (Wildman–Crippen LogP) is 1.58. The maximum atomic E-state index is 11.1. The maximum Gasteiger partial charge on any atom is 0.217 e. The molecule has 1 aliphatic rings. The third-order valence-corrected chi connectivity index (χ3v) is 3.66. The third-order valence-electron chi connectivity index (χ3n) is 3.66. The van der Waals surface area contributed by atoms with Crippen LogP contribution in [-0.2, 0) is 11.2 Å². The van der Waals surface area contributed by atoms with Gasteiger partial charge in [0.25, 0.3) is 0 Å². The molecule has 2 N–H and O–H groups in total. The molecule has 1 amide bonds. The predicted molar refractivity (Wildman–Crippen MR) is 84.6 cm³/mol. The molecule has 116 valence electrons. The second-order valence-corrected chi connectivity index (χ2v) is 5.37. The number of hydrogen-bond donors (Lipinski definition) is 2. The van der Waals surface area contributed by atoms with Crippen molar-refractivity contribution in [3.63, 3.8) is 0 Å². The fourth-order valence-electron chi connectivity index (χ4n) is 2.62. The minimum absolute atomic E-state index is 0.0539. The summed E-state index contributed by atoms with van der Waals surface area (Å²) in [5.41, 5.74) is 0. The summed E-state index contributed by atoms with van der Waals surface area (Å²) in [4.78, 5) is 22.5. The van der Waals surface area contributed by atoms with Crippen LogP contribution in [0.15, 0.2) is 6.07 Å². The number of nitrogens with one attached hydrogen (secondary N) is 2. The van der Waals surface area contributed by atoms with Crippen molar-refractivity contribution in [2.75, 3.05) is 29.9 Å². The van der Waals surface area contributed by atoms with Crippen LogP contribution in [0, 0.1) is 0 Å². The zero-order chi connectivity index (χ0) is 15.2. The van der Waals surface area contributed by atoms with Gasteiger partial charge in [-0.2, -0.15) is 0 Å². The number of aryl methyl sites for hydroxylation is 1. The molecule has 0 atom stereocenters. The molecule has 1 aromatic heterocycles. The number of carbonyl (C=O) groups excluding carboxylic acids is 1. The van der Waals surface area contributed by atoms with Gasteiger partial charge in [0.15, 0.2) is 0 Å². The summed E-state index contributed by atoms with van der Waals surface area (Å²) >= 11 is 0. The molecule has 0 bridgehead atoms. The van der Waals surface area contributed by atoms with Crippen molar-refractivity contribution in [1.29, 1.82) is 0 Å². The fourth-order valence-corrected chi connectivity index (χ4v) is 2.62. The first-order chi connectivity index (χ1) is 10.1. The van der Waals surface area contributed by atoms with Crippen LogP contribution in [0.3, 0.4) is 0 Å². The molecule has 1 saturated heterocycles. The molecular formula is C15H25N5O. The van der Waals surface area contributed by atoms with Gasteiger partial charge in [-0.25, -0.2) is 9.97 Å². The quantitative estimate of drug-likeness (QED) is 0.862. The molecule has 6 heteroatoms. The smallest absolute Gasteiger partial charge is 0.217 e. The Kier molecular flexibility index (Phi) is 5.36. The van der Waals surface area contributed by atoms with Gasteiger partial charge in [-0.1, -0.05) is 6.92 Å². The lowest BCUT2D eigenvalue weighted by atomic mass is 10.1. The standard InChI is InChI=1S/C15H25N5O/c1-4-13-18-14(16-5-2)10-15(19-13)20-8-6-12(7-9-20)17-11(3)21/h10,12H,4-9H2,1-3H3,(H,17,21)(H,16,18,19). The van der Waals surface area contributed by atoms with E-state index in [4.69, 9.17) is 0 Å². The zero-order valence-electron chi connectivity index (χ0n) is 13.1. The lowest BCUT2D eigenvalue weighted by Crippen LogP contribution is -2.44. The molecule has 21 heavy (non-hydrogen) atoms. The van der Waals surface area contributed by atoms with Crippen LogP contribution in [0.1, 0.15) is 39.4 Å². The molecule has 1 aliphatic heterocycles. The van der Waals surface area contributed by atoms with E-state index in [9.17, 15) is 4.79 Å². The molecule has 0 aromatic carbocycles. The van der Waals surface area contributed by atoms with Gasteiger partial charge in [-0.15, -0.1) is 0 Å². The number of rotatable bonds is 5. The number of amides is 1. The Balaban J connectivity index is 2.05. The van der Waals surface area contributed by atoms with E-state index < -0.39 is 0 Å². The van der Waals surface area contributed by atoms with Crippen molar-refractivity contribution < 1.29 is 4.79 Å². The molecule has 6 nitrogen and oxygen atoms in total. The summed E-state index contributed by atoms with van der Waals surface area (Å²) in [6, 6.07) is 2.31. The number of nitrogens with zero attached hydrogens (tertiary/aromatic N) is 3. The van der Waals surface area contributed by atoms with Crippen LogP contribution in [0.5, 0.6) is 0 Å². The Morgan fingerprint density at radius 1 is 1.33 bits per heavy atom. The zero-order valence-corrected chi connectivity index (χ0v) is 13.1. The Labute approximate surface area is 126 Å². The van der Waals surface area contributed by atoms with Gasteiger partial charge in [0, 0.05) is 45.1 Å².